The van der Waals surface area contributed by atoms with E-state index in [0.29, 0.717) is 35.5 Å². The summed E-state index contributed by atoms with van der Waals surface area (Å²) < 4.78 is 0. The van der Waals surface area contributed by atoms with Gasteiger partial charge in [0.1, 0.15) is 0 Å². The van der Waals surface area contributed by atoms with Crippen molar-refractivity contribution in [2.24, 2.45) is 0 Å². The molecule has 4 aliphatic heterocycles. The lowest BCUT2D eigenvalue weighted by atomic mass is 9.34. The lowest BCUT2D eigenvalue weighted by molar-refractivity contribution is 0.807. The number of hydrogen-bond acceptors (Lipinski definition) is 0. The second kappa shape index (κ2) is 16.4. The molecule has 0 unspecified atom stereocenters. The molecule has 10 aromatic rings. The number of hydrogen-bond donors (Lipinski definition) is 0. The lowest BCUT2D eigenvalue weighted by Crippen LogP contribution is -2.53. The summed E-state index contributed by atoms with van der Waals surface area (Å²) in [5.41, 5.74) is 39.9. The third-order valence-corrected chi connectivity index (χ3v) is 19.0. The molecule has 2 heteroatoms. The molecule has 4 heterocycles. The van der Waals surface area contributed by atoms with Crippen molar-refractivity contribution in [2.75, 3.05) is 0 Å². The van der Waals surface area contributed by atoms with Crippen molar-refractivity contribution in [3.05, 3.63) is 165 Å². The highest BCUT2D eigenvalue weighted by Crippen LogP contribution is 2.54. The van der Waals surface area contributed by atoms with E-state index >= 15 is 0 Å². The Morgan fingerprint density at radius 3 is 0.895 bits per heavy atom. The van der Waals surface area contributed by atoms with E-state index in [1.54, 1.807) is 0 Å². The van der Waals surface area contributed by atoms with Gasteiger partial charge in [0.15, 0.2) is 0 Å². The summed E-state index contributed by atoms with van der Waals surface area (Å²) >= 11 is 0. The molecule has 0 atom stereocenters. The molecule has 0 radical (unpaired) electrons. The molecule has 0 nitrogen and oxygen atoms in total. The summed E-state index contributed by atoms with van der Waals surface area (Å²) in [7, 11) is 0. The molecule has 0 amide bonds. The van der Waals surface area contributed by atoms with Gasteiger partial charge in [-0.05, 0) is 219 Å². The predicted octanol–water partition coefficient (Wildman–Crippen LogP) is 16.8. The van der Waals surface area contributed by atoms with Crippen LogP contribution in [0.15, 0.2) is 109 Å². The average Bonchev–Trinajstić information content (AvgIpc) is 3.73. The van der Waals surface area contributed by atoms with Crippen LogP contribution in [-0.4, -0.2) is 13.4 Å². The highest BCUT2D eigenvalue weighted by atomic mass is 14.4. The topological polar surface area (TPSA) is 0 Å². The molecule has 0 aromatic heterocycles. The molecule has 0 saturated heterocycles. The lowest BCUT2D eigenvalue weighted by Gasteiger charge is -2.34. The van der Waals surface area contributed by atoms with Crippen molar-refractivity contribution in [3.63, 3.8) is 0 Å². The first-order valence-corrected chi connectivity index (χ1v) is 29.0. The fourth-order valence-electron chi connectivity index (χ4n) is 15.5. The quantitative estimate of drug-likeness (QED) is 0.105. The first-order valence-electron chi connectivity index (χ1n) is 29.0. The van der Waals surface area contributed by atoms with E-state index in [1.807, 2.05) is 0 Å². The molecule has 374 valence electrons. The summed E-state index contributed by atoms with van der Waals surface area (Å²) in [5.74, 6) is 2.19. The van der Waals surface area contributed by atoms with E-state index in [1.165, 1.54) is 187 Å². The van der Waals surface area contributed by atoms with Crippen molar-refractivity contribution >= 4 is 78.5 Å². The Balaban J connectivity index is 1.28. The minimum absolute atomic E-state index is 0.127. The zero-order valence-electron chi connectivity index (χ0n) is 48.0. The first kappa shape index (κ1) is 47.8. The fraction of sp³-hybridized carbons (Fsp3) is 0.297. The number of benzene rings is 10. The Bertz CT molecular complexity index is 3890. The van der Waals surface area contributed by atoms with Crippen LogP contribution in [0.25, 0.3) is 99.1 Å². The Kier molecular flexibility index (Phi) is 10.3. The molecule has 0 saturated carbocycles. The van der Waals surface area contributed by atoms with Gasteiger partial charge in [-0.15, -0.1) is 0 Å². The van der Waals surface area contributed by atoms with Gasteiger partial charge >= 0.3 is 0 Å². The predicted molar refractivity (Wildman–Crippen MR) is 336 cm³/mol. The molecule has 0 spiro atoms. The molecule has 10 aromatic carbocycles. The highest BCUT2D eigenvalue weighted by molar-refractivity contribution is 7.03. The van der Waals surface area contributed by atoms with Crippen LogP contribution in [0.1, 0.15) is 174 Å². The third-order valence-electron chi connectivity index (χ3n) is 19.0. The van der Waals surface area contributed by atoms with E-state index in [4.69, 9.17) is 0 Å². The van der Waals surface area contributed by atoms with Gasteiger partial charge in [0.25, 0.3) is 0 Å². The van der Waals surface area contributed by atoms with E-state index in [-0.39, 0.29) is 13.4 Å². The van der Waals surface area contributed by atoms with E-state index in [2.05, 4.69) is 220 Å². The average molecular weight is 983 g/mol. The normalized spacial score (nSPS) is 13.7. The summed E-state index contributed by atoms with van der Waals surface area (Å²) in [6, 6.07) is 46.1. The standard InChI is InChI=1S/C74H72B2/c1-35(2)45-27-47(37(5)6)67(48(28-45)38(7)8)53-31-55-61-25-43(15)23-59-51-21-42(14)18-20-64(51)76(73(59)61)66-34-58-54(68-49(39(9)10)29-46(36(3)4)30-50(68)40(11)12)32-56-62-26-44(16)24-60-52-22-41(13)17-19-63(52)75(74(60)62)65-33-57(53)71(69(55)66)72(58)70(56)65/h17-40H,1-16H3. The van der Waals surface area contributed by atoms with Crippen molar-refractivity contribution in [1.29, 1.82) is 0 Å². The van der Waals surface area contributed by atoms with Crippen LogP contribution in [-0.2, 0) is 0 Å². The van der Waals surface area contributed by atoms with Gasteiger partial charge in [0.05, 0.1) is 0 Å². The van der Waals surface area contributed by atoms with Gasteiger partial charge in [-0.1, -0.05) is 224 Å². The second-order valence-electron chi connectivity index (χ2n) is 26.1. The van der Waals surface area contributed by atoms with E-state index < -0.39 is 0 Å². The molecule has 0 fully saturated rings. The largest absolute Gasteiger partial charge is 0.244 e. The summed E-state index contributed by atoms with van der Waals surface area (Å²) in [6.45, 7) is 38.5. The van der Waals surface area contributed by atoms with Crippen molar-refractivity contribution in [2.45, 2.75) is 146 Å². The van der Waals surface area contributed by atoms with Gasteiger partial charge in [0, 0.05) is 0 Å². The molecule has 4 aliphatic rings. The van der Waals surface area contributed by atoms with Gasteiger partial charge in [-0.25, -0.2) is 0 Å². The maximum atomic E-state index is 2.76. The van der Waals surface area contributed by atoms with Gasteiger partial charge in [-0.2, -0.15) is 0 Å². The van der Waals surface area contributed by atoms with Crippen LogP contribution in [0.3, 0.4) is 0 Å². The van der Waals surface area contributed by atoms with Gasteiger partial charge in [0.2, 0.25) is 13.4 Å². The van der Waals surface area contributed by atoms with Crippen LogP contribution in [0.5, 0.6) is 0 Å². The first-order chi connectivity index (χ1) is 36.3. The van der Waals surface area contributed by atoms with Crippen LogP contribution in [0.4, 0.5) is 0 Å². The fourth-order valence-corrected chi connectivity index (χ4v) is 15.5. The van der Waals surface area contributed by atoms with Crippen molar-refractivity contribution in [1.82, 2.24) is 0 Å². The van der Waals surface area contributed by atoms with Gasteiger partial charge < -0.3 is 0 Å². The Hall–Kier alpha value is -6.63. The molecule has 0 aliphatic carbocycles. The zero-order valence-corrected chi connectivity index (χ0v) is 48.0. The van der Waals surface area contributed by atoms with Crippen LogP contribution in [0.2, 0.25) is 0 Å². The maximum Gasteiger partial charge on any atom is 0.244 e. The minimum Gasteiger partial charge on any atom is -0.0661 e. The molecular weight excluding hydrogens is 910 g/mol. The SMILES string of the molecule is Cc1ccc2c(c1)-c1cc(C)cc3c1B2c1cc2c(-c4c(C(C)C)cc(C(C)C)cc4C(C)C)cc4c5c(cc6c(-c7c(C(C)C)cc(C(C)C)cc7C(C)C)cc-3c1c6c25)B1c2ccc(C)cc2-c2cc(C)cc-4c21. The molecule has 76 heavy (non-hydrogen) atoms. The van der Waals surface area contributed by atoms with Crippen molar-refractivity contribution < 1.29 is 0 Å². The van der Waals surface area contributed by atoms with Crippen LogP contribution < -0.4 is 32.8 Å². The van der Waals surface area contributed by atoms with Crippen molar-refractivity contribution in [3.8, 4) is 66.8 Å². The van der Waals surface area contributed by atoms with Gasteiger partial charge in [-0.3, -0.25) is 0 Å². The smallest absolute Gasteiger partial charge is 0.0661 e. The Morgan fingerprint density at radius 1 is 0.263 bits per heavy atom. The molecule has 0 bridgehead atoms. The number of fused-ring (bicyclic) bond motifs is 10. The Morgan fingerprint density at radius 2 is 0.579 bits per heavy atom. The molecule has 14 rings (SSSR count). The maximum absolute atomic E-state index is 2.76. The van der Waals surface area contributed by atoms with Crippen LogP contribution >= 0.6 is 0 Å². The monoisotopic (exact) mass is 983 g/mol. The highest BCUT2D eigenvalue weighted by Gasteiger charge is 2.45. The molecular formula is C74H72B2. The summed E-state index contributed by atoms with van der Waals surface area (Å²) in [6.07, 6.45) is 0. The van der Waals surface area contributed by atoms with Crippen LogP contribution in [0, 0.1) is 27.7 Å². The zero-order chi connectivity index (χ0) is 53.0. The number of rotatable bonds is 8. The second-order valence-corrected chi connectivity index (χ2v) is 26.1. The minimum atomic E-state index is 0.127. The third kappa shape index (κ3) is 6.40. The van der Waals surface area contributed by atoms with E-state index in [0.717, 1.165) is 0 Å². The molecule has 0 N–H and O–H groups in total. The Labute approximate surface area is 453 Å². The van der Waals surface area contributed by atoms with E-state index in [9.17, 15) is 0 Å². The summed E-state index contributed by atoms with van der Waals surface area (Å²) in [4.78, 5) is 0. The number of aryl methyl sites for hydroxylation is 4. The summed E-state index contributed by atoms with van der Waals surface area (Å²) in [5, 5.41) is 8.67.